The summed E-state index contributed by atoms with van der Waals surface area (Å²) in [5, 5.41) is 8.81. The van der Waals surface area contributed by atoms with Crippen molar-refractivity contribution in [3.05, 3.63) is 59.9 Å². The summed E-state index contributed by atoms with van der Waals surface area (Å²) in [6.45, 7) is 1.15. The number of aromatic nitrogens is 1. The molecule has 2 N–H and O–H groups in total. The molecule has 1 aromatic carbocycles. The van der Waals surface area contributed by atoms with E-state index in [2.05, 4.69) is 4.98 Å². The Hall–Kier alpha value is -2.09. The third kappa shape index (κ3) is 4.25. The molecule has 0 radical (unpaired) electrons. The summed E-state index contributed by atoms with van der Waals surface area (Å²) in [4.78, 5) is 15.6. The zero-order chi connectivity index (χ0) is 16.8. The van der Waals surface area contributed by atoms with Crippen molar-refractivity contribution < 1.29 is 14.7 Å². The van der Waals surface area contributed by atoms with Crippen molar-refractivity contribution in [3.63, 3.8) is 0 Å². The highest BCUT2D eigenvalue weighted by molar-refractivity contribution is 7.97. The van der Waals surface area contributed by atoms with Crippen LogP contribution in [0.2, 0.25) is 0 Å². The number of carbonyl (C=O) groups excluding carboxylic acids is 1. The second-order valence-corrected chi connectivity index (χ2v) is 6.61. The summed E-state index contributed by atoms with van der Waals surface area (Å²) in [7, 11) is 0. The Balaban J connectivity index is 1.55. The molecular weight excluding hydrogens is 326 g/mol. The van der Waals surface area contributed by atoms with Crippen molar-refractivity contribution in [2.45, 2.75) is 25.6 Å². The number of hydroxylamine groups is 1. The van der Waals surface area contributed by atoms with Gasteiger partial charge in [-0.1, -0.05) is 24.1 Å². The van der Waals surface area contributed by atoms with Gasteiger partial charge in [0.05, 0.1) is 0 Å². The number of nitrogens with zero attached hydrogens (tertiary/aromatic N) is 2. The molecule has 1 aliphatic heterocycles. The summed E-state index contributed by atoms with van der Waals surface area (Å²) in [6, 6.07) is 11.4. The van der Waals surface area contributed by atoms with Crippen LogP contribution in [0, 0.1) is 0 Å². The molecule has 2 heterocycles. The van der Waals surface area contributed by atoms with Crippen molar-refractivity contribution in [2.75, 3.05) is 5.75 Å². The first-order valence-electron chi connectivity index (χ1n) is 7.70. The number of amides is 1. The average Bonchev–Trinajstić information content (AvgIpc) is 3.09. The van der Waals surface area contributed by atoms with E-state index in [1.807, 2.05) is 40.7 Å². The van der Waals surface area contributed by atoms with Crippen LogP contribution in [0.15, 0.2) is 48.8 Å². The minimum Gasteiger partial charge on any atom is -0.489 e. The molecule has 1 saturated heterocycles. The van der Waals surface area contributed by atoms with Gasteiger partial charge in [0.15, 0.2) is 0 Å². The highest BCUT2D eigenvalue weighted by Gasteiger charge is 2.31. The predicted octanol–water partition coefficient (Wildman–Crippen LogP) is 2.39. The molecule has 1 atom stereocenters. The quantitative estimate of drug-likeness (QED) is 0.476. The SMILES string of the molecule is O=C(NO)C1CCSN1Cc1ccc(OCc2ccncc2)cc1. The fraction of sp³-hybridized carbons (Fsp3) is 0.294. The van der Waals surface area contributed by atoms with Crippen LogP contribution in [0.25, 0.3) is 0 Å². The molecule has 1 fully saturated rings. The van der Waals surface area contributed by atoms with E-state index in [1.165, 1.54) is 0 Å². The monoisotopic (exact) mass is 345 g/mol. The van der Waals surface area contributed by atoms with Crippen LogP contribution >= 0.6 is 11.9 Å². The standard InChI is InChI=1S/C17H19N3O3S/c21-17(19-22)16-7-10-24-20(16)11-13-1-3-15(4-2-13)23-12-14-5-8-18-9-6-14/h1-6,8-9,16,22H,7,10-12H2,(H,19,21). The van der Waals surface area contributed by atoms with Gasteiger partial charge in [0.1, 0.15) is 18.4 Å². The van der Waals surface area contributed by atoms with Crippen LogP contribution < -0.4 is 10.2 Å². The Labute approximate surface area is 144 Å². The van der Waals surface area contributed by atoms with Crippen LogP contribution in [-0.4, -0.2) is 32.2 Å². The van der Waals surface area contributed by atoms with Crippen molar-refractivity contribution in [2.24, 2.45) is 0 Å². The molecule has 0 saturated carbocycles. The van der Waals surface area contributed by atoms with Crippen molar-refractivity contribution in [1.82, 2.24) is 14.8 Å². The van der Waals surface area contributed by atoms with Gasteiger partial charge in [0.2, 0.25) is 0 Å². The van der Waals surface area contributed by atoms with Crippen LogP contribution in [0.4, 0.5) is 0 Å². The fourth-order valence-electron chi connectivity index (χ4n) is 2.52. The van der Waals surface area contributed by atoms with Gasteiger partial charge in [0, 0.05) is 24.7 Å². The molecule has 7 heteroatoms. The Morgan fingerprint density at radius 2 is 2.00 bits per heavy atom. The number of rotatable bonds is 6. The van der Waals surface area contributed by atoms with E-state index in [-0.39, 0.29) is 11.9 Å². The molecule has 0 spiro atoms. The Bertz CT molecular complexity index is 667. The second-order valence-electron chi connectivity index (χ2n) is 5.48. The summed E-state index contributed by atoms with van der Waals surface area (Å²) >= 11 is 1.62. The van der Waals surface area contributed by atoms with E-state index in [0.29, 0.717) is 13.2 Å². The van der Waals surface area contributed by atoms with Gasteiger partial charge in [-0.2, -0.15) is 0 Å². The maximum Gasteiger partial charge on any atom is 0.261 e. The zero-order valence-corrected chi connectivity index (χ0v) is 13.9. The number of pyridine rings is 1. The van der Waals surface area contributed by atoms with Crippen molar-refractivity contribution in [3.8, 4) is 5.75 Å². The number of benzene rings is 1. The Morgan fingerprint density at radius 1 is 1.25 bits per heavy atom. The molecule has 126 valence electrons. The summed E-state index contributed by atoms with van der Waals surface area (Å²) in [5.74, 6) is 1.33. The van der Waals surface area contributed by atoms with Crippen molar-refractivity contribution in [1.29, 1.82) is 0 Å². The van der Waals surface area contributed by atoms with Crippen LogP contribution in [0.3, 0.4) is 0 Å². The fourth-order valence-corrected chi connectivity index (χ4v) is 3.71. The number of hydrogen-bond donors (Lipinski definition) is 2. The summed E-state index contributed by atoms with van der Waals surface area (Å²) in [5.41, 5.74) is 3.91. The number of ether oxygens (including phenoxy) is 1. The van der Waals surface area contributed by atoms with Crippen LogP contribution in [-0.2, 0) is 17.9 Å². The first-order valence-corrected chi connectivity index (χ1v) is 8.64. The predicted molar refractivity (Wildman–Crippen MR) is 91.3 cm³/mol. The zero-order valence-electron chi connectivity index (χ0n) is 13.1. The first-order chi connectivity index (χ1) is 11.8. The number of hydrogen-bond acceptors (Lipinski definition) is 6. The van der Waals surface area contributed by atoms with Crippen molar-refractivity contribution >= 4 is 17.9 Å². The topological polar surface area (TPSA) is 74.7 Å². The molecule has 3 rings (SSSR count). The lowest BCUT2D eigenvalue weighted by atomic mass is 10.1. The highest BCUT2D eigenvalue weighted by atomic mass is 32.2. The highest BCUT2D eigenvalue weighted by Crippen LogP contribution is 2.29. The average molecular weight is 345 g/mol. The molecule has 0 aliphatic carbocycles. The van der Waals surface area contributed by atoms with Gasteiger partial charge in [-0.3, -0.25) is 15.0 Å². The molecule has 1 aromatic heterocycles. The number of nitrogens with one attached hydrogen (secondary N) is 1. The summed E-state index contributed by atoms with van der Waals surface area (Å²) in [6.07, 6.45) is 4.23. The number of carbonyl (C=O) groups is 1. The summed E-state index contributed by atoms with van der Waals surface area (Å²) < 4.78 is 7.75. The van der Waals surface area contributed by atoms with E-state index in [1.54, 1.807) is 29.8 Å². The molecule has 2 aromatic rings. The molecule has 1 aliphatic rings. The lowest BCUT2D eigenvalue weighted by molar-refractivity contribution is -0.132. The largest absolute Gasteiger partial charge is 0.489 e. The molecular formula is C17H19N3O3S. The third-order valence-electron chi connectivity index (χ3n) is 3.83. The van der Waals surface area contributed by atoms with E-state index in [0.717, 1.165) is 29.1 Å². The van der Waals surface area contributed by atoms with Crippen LogP contribution in [0.1, 0.15) is 17.5 Å². The van der Waals surface area contributed by atoms with Gasteiger partial charge in [0.25, 0.3) is 5.91 Å². The minimum absolute atomic E-state index is 0.289. The second kappa shape index (κ2) is 8.14. The molecule has 1 unspecified atom stereocenters. The van der Waals surface area contributed by atoms with Gasteiger partial charge in [-0.25, -0.2) is 9.79 Å². The minimum atomic E-state index is -0.350. The molecule has 1 amide bonds. The van der Waals surface area contributed by atoms with Gasteiger partial charge >= 0.3 is 0 Å². The van der Waals surface area contributed by atoms with E-state index in [4.69, 9.17) is 9.94 Å². The normalized spacial score (nSPS) is 17.6. The van der Waals surface area contributed by atoms with E-state index < -0.39 is 0 Å². The van der Waals surface area contributed by atoms with E-state index in [9.17, 15) is 4.79 Å². The molecule has 6 nitrogen and oxygen atoms in total. The third-order valence-corrected chi connectivity index (χ3v) is 4.96. The lowest BCUT2D eigenvalue weighted by Crippen LogP contribution is -2.39. The van der Waals surface area contributed by atoms with Gasteiger partial charge in [-0.05, 0) is 41.8 Å². The molecule has 24 heavy (non-hydrogen) atoms. The first kappa shape index (κ1) is 16.8. The molecule has 0 bridgehead atoms. The maximum absolute atomic E-state index is 11.6. The Kier molecular flexibility index (Phi) is 5.68. The van der Waals surface area contributed by atoms with Gasteiger partial charge < -0.3 is 4.74 Å². The Morgan fingerprint density at radius 3 is 2.71 bits per heavy atom. The van der Waals surface area contributed by atoms with Gasteiger partial charge in [-0.15, -0.1) is 0 Å². The van der Waals surface area contributed by atoms with Crippen LogP contribution in [0.5, 0.6) is 5.75 Å². The van der Waals surface area contributed by atoms with E-state index >= 15 is 0 Å². The smallest absolute Gasteiger partial charge is 0.261 e. The lowest BCUT2D eigenvalue weighted by Gasteiger charge is -2.21. The maximum atomic E-state index is 11.6.